The molecule has 1 aromatic rings. The van der Waals surface area contributed by atoms with E-state index in [2.05, 4.69) is 40.3 Å². The Morgan fingerprint density at radius 2 is 2.14 bits per heavy atom. The van der Waals surface area contributed by atoms with E-state index in [-0.39, 0.29) is 0 Å². The van der Waals surface area contributed by atoms with E-state index in [1.165, 1.54) is 31.2 Å². The van der Waals surface area contributed by atoms with Crippen molar-refractivity contribution in [3.8, 4) is 11.5 Å². The number of rotatable bonds is 10. The van der Waals surface area contributed by atoms with Gasteiger partial charge in [-0.15, -0.1) is 0 Å². The molecule has 0 saturated heterocycles. The van der Waals surface area contributed by atoms with Crippen molar-refractivity contribution >= 4 is 15.9 Å². The van der Waals surface area contributed by atoms with Gasteiger partial charge >= 0.3 is 0 Å². The van der Waals surface area contributed by atoms with E-state index in [0.717, 1.165) is 41.4 Å². The highest BCUT2D eigenvalue weighted by Gasteiger charge is 2.19. The summed E-state index contributed by atoms with van der Waals surface area (Å²) in [5.74, 6) is 2.63. The molecule has 118 valence electrons. The van der Waals surface area contributed by atoms with E-state index >= 15 is 0 Å². The third-order valence-electron chi connectivity index (χ3n) is 3.73. The molecule has 0 amide bonds. The normalized spacial score (nSPS) is 14.2. The second-order valence-corrected chi connectivity index (χ2v) is 6.57. The van der Waals surface area contributed by atoms with Gasteiger partial charge in [0.25, 0.3) is 0 Å². The van der Waals surface area contributed by atoms with Gasteiger partial charge in [-0.05, 0) is 65.4 Å². The number of benzene rings is 1. The Morgan fingerprint density at radius 1 is 1.33 bits per heavy atom. The smallest absolute Gasteiger partial charge is 0.175 e. The Kier molecular flexibility index (Phi) is 6.84. The molecule has 0 atom stereocenters. The molecule has 0 spiro atoms. The van der Waals surface area contributed by atoms with Crippen molar-refractivity contribution in [1.82, 2.24) is 5.32 Å². The lowest BCUT2D eigenvalue weighted by Crippen LogP contribution is -2.15. The van der Waals surface area contributed by atoms with Crippen molar-refractivity contribution in [2.24, 2.45) is 5.92 Å². The molecule has 2 rings (SSSR count). The summed E-state index contributed by atoms with van der Waals surface area (Å²) in [6, 6.07) is 4.17. The molecule has 0 bridgehead atoms. The summed E-state index contributed by atoms with van der Waals surface area (Å²) in [7, 11) is 1.69. The van der Waals surface area contributed by atoms with Gasteiger partial charge < -0.3 is 14.8 Å². The van der Waals surface area contributed by atoms with E-state index in [9.17, 15) is 0 Å². The first-order valence-corrected chi connectivity index (χ1v) is 8.73. The highest BCUT2D eigenvalue weighted by Crippen LogP contribution is 2.37. The average molecular weight is 356 g/mol. The predicted octanol–water partition coefficient (Wildman–Crippen LogP) is 4.53. The summed E-state index contributed by atoms with van der Waals surface area (Å²) < 4.78 is 12.2. The quantitative estimate of drug-likeness (QED) is 0.625. The van der Waals surface area contributed by atoms with Crippen molar-refractivity contribution < 1.29 is 9.47 Å². The van der Waals surface area contributed by atoms with Crippen molar-refractivity contribution in [2.75, 3.05) is 20.3 Å². The Bertz CT molecular complexity index is 447. The topological polar surface area (TPSA) is 30.5 Å². The molecule has 0 aromatic heterocycles. The molecule has 4 heteroatoms. The molecule has 21 heavy (non-hydrogen) atoms. The van der Waals surface area contributed by atoms with Gasteiger partial charge in [0.05, 0.1) is 18.2 Å². The number of halogens is 1. The lowest BCUT2D eigenvalue weighted by atomic mass is 10.2. The largest absolute Gasteiger partial charge is 0.493 e. The van der Waals surface area contributed by atoms with Gasteiger partial charge in [0.2, 0.25) is 0 Å². The predicted molar refractivity (Wildman–Crippen MR) is 90.1 cm³/mol. The highest BCUT2D eigenvalue weighted by molar-refractivity contribution is 9.10. The van der Waals surface area contributed by atoms with E-state index in [1.54, 1.807) is 7.11 Å². The van der Waals surface area contributed by atoms with Crippen LogP contribution in [0.1, 0.15) is 44.6 Å². The van der Waals surface area contributed by atoms with Crippen LogP contribution in [0.2, 0.25) is 0 Å². The molecule has 1 fully saturated rings. The van der Waals surface area contributed by atoms with Gasteiger partial charge in [-0.2, -0.15) is 0 Å². The van der Waals surface area contributed by atoms with Crippen LogP contribution < -0.4 is 14.8 Å². The third-order valence-corrected chi connectivity index (χ3v) is 4.32. The summed E-state index contributed by atoms with van der Waals surface area (Å²) in [5, 5.41) is 3.51. The van der Waals surface area contributed by atoms with Crippen LogP contribution in [0.15, 0.2) is 16.6 Å². The molecule has 3 nitrogen and oxygen atoms in total. The zero-order valence-electron chi connectivity index (χ0n) is 13.1. The van der Waals surface area contributed by atoms with Crippen LogP contribution in [0.5, 0.6) is 11.5 Å². The molecule has 0 heterocycles. The SMILES string of the molecule is CCCOc1c(Br)cc(CNCCCC2CC2)cc1OC. The van der Waals surface area contributed by atoms with E-state index < -0.39 is 0 Å². The molecular formula is C17H26BrNO2. The molecule has 1 aromatic carbocycles. The minimum absolute atomic E-state index is 0.702. The molecular weight excluding hydrogens is 330 g/mol. The molecule has 1 aliphatic carbocycles. The van der Waals surface area contributed by atoms with E-state index in [4.69, 9.17) is 9.47 Å². The van der Waals surface area contributed by atoms with E-state index in [0.29, 0.717) is 6.61 Å². The van der Waals surface area contributed by atoms with Crippen molar-refractivity contribution in [2.45, 2.75) is 45.6 Å². The van der Waals surface area contributed by atoms with E-state index in [1.807, 2.05) is 0 Å². The summed E-state index contributed by atoms with van der Waals surface area (Å²) in [5.41, 5.74) is 1.22. The first-order chi connectivity index (χ1) is 10.2. The third kappa shape index (κ3) is 5.51. The van der Waals surface area contributed by atoms with Gasteiger partial charge in [0.1, 0.15) is 0 Å². The Morgan fingerprint density at radius 3 is 2.81 bits per heavy atom. The summed E-state index contributed by atoms with van der Waals surface area (Å²) in [4.78, 5) is 0. The number of nitrogens with one attached hydrogen (secondary N) is 1. The van der Waals surface area contributed by atoms with Crippen molar-refractivity contribution in [3.63, 3.8) is 0 Å². The monoisotopic (exact) mass is 355 g/mol. The molecule has 1 aliphatic rings. The molecule has 1 saturated carbocycles. The van der Waals surface area contributed by atoms with Crippen LogP contribution in [0, 0.1) is 5.92 Å². The second kappa shape index (κ2) is 8.64. The summed E-state index contributed by atoms with van der Waals surface area (Å²) in [6.07, 6.45) is 6.54. The van der Waals surface area contributed by atoms with Gasteiger partial charge in [-0.3, -0.25) is 0 Å². The van der Waals surface area contributed by atoms with Crippen LogP contribution in [0.3, 0.4) is 0 Å². The van der Waals surface area contributed by atoms with Crippen molar-refractivity contribution in [1.29, 1.82) is 0 Å². The number of hydrogen-bond acceptors (Lipinski definition) is 3. The van der Waals surface area contributed by atoms with Crippen LogP contribution in [-0.2, 0) is 6.54 Å². The minimum Gasteiger partial charge on any atom is -0.493 e. The minimum atomic E-state index is 0.702. The van der Waals surface area contributed by atoms with Crippen LogP contribution >= 0.6 is 15.9 Å². The number of ether oxygens (including phenoxy) is 2. The molecule has 0 radical (unpaired) electrons. The van der Waals surface area contributed by atoms with Crippen molar-refractivity contribution in [3.05, 3.63) is 22.2 Å². The Hall–Kier alpha value is -0.740. The molecule has 0 aliphatic heterocycles. The van der Waals surface area contributed by atoms with Crippen LogP contribution in [-0.4, -0.2) is 20.3 Å². The fourth-order valence-electron chi connectivity index (χ4n) is 2.37. The standard InChI is InChI=1S/C17H26BrNO2/c1-3-9-21-17-15(18)10-14(11-16(17)20-2)12-19-8-4-5-13-6-7-13/h10-11,13,19H,3-9,12H2,1-2H3. The Balaban J connectivity index is 1.85. The summed E-state index contributed by atoms with van der Waals surface area (Å²) >= 11 is 3.59. The maximum absolute atomic E-state index is 5.75. The lowest BCUT2D eigenvalue weighted by Gasteiger charge is -2.14. The first kappa shape index (κ1) is 16.6. The second-order valence-electron chi connectivity index (χ2n) is 5.72. The summed E-state index contributed by atoms with van der Waals surface area (Å²) in [6.45, 7) is 4.76. The zero-order chi connectivity index (χ0) is 15.1. The van der Waals surface area contributed by atoms with Gasteiger partial charge in [-0.1, -0.05) is 19.8 Å². The molecule has 1 N–H and O–H groups in total. The number of hydrogen-bond donors (Lipinski definition) is 1. The van der Waals surface area contributed by atoms with Gasteiger partial charge in [0, 0.05) is 6.54 Å². The maximum atomic E-state index is 5.75. The Labute approximate surface area is 136 Å². The fraction of sp³-hybridized carbons (Fsp3) is 0.647. The fourth-order valence-corrected chi connectivity index (χ4v) is 2.98. The zero-order valence-corrected chi connectivity index (χ0v) is 14.7. The molecule has 0 unspecified atom stereocenters. The number of methoxy groups -OCH3 is 1. The van der Waals surface area contributed by atoms with Gasteiger partial charge in [0.15, 0.2) is 11.5 Å². The first-order valence-electron chi connectivity index (χ1n) is 7.94. The van der Waals surface area contributed by atoms with Crippen LogP contribution in [0.25, 0.3) is 0 Å². The van der Waals surface area contributed by atoms with Crippen LogP contribution in [0.4, 0.5) is 0 Å². The van der Waals surface area contributed by atoms with Gasteiger partial charge in [-0.25, -0.2) is 0 Å². The highest BCUT2D eigenvalue weighted by atomic mass is 79.9. The lowest BCUT2D eigenvalue weighted by molar-refractivity contribution is 0.292. The average Bonchev–Trinajstić information content (AvgIpc) is 3.29. The maximum Gasteiger partial charge on any atom is 0.175 e.